The smallest absolute Gasteiger partial charge is 0.230 e. The predicted octanol–water partition coefficient (Wildman–Crippen LogP) is 3.55. The Morgan fingerprint density at radius 1 is 1.38 bits per heavy atom. The molecule has 0 unspecified atom stereocenters. The van der Waals surface area contributed by atoms with Crippen molar-refractivity contribution in [2.45, 2.75) is 37.5 Å². The maximum Gasteiger partial charge on any atom is 0.230 e. The Balaban J connectivity index is 1.58. The number of benzene rings is 1. The Bertz CT molecular complexity index is 882. The van der Waals surface area contributed by atoms with Crippen LogP contribution in [0.15, 0.2) is 34.8 Å². The fourth-order valence-electron chi connectivity index (χ4n) is 2.66. The Labute approximate surface area is 148 Å². The molecule has 7 heteroatoms. The number of carbonyl (C=O) groups is 1. The zero-order valence-electron chi connectivity index (χ0n) is 13.4. The van der Waals surface area contributed by atoms with Gasteiger partial charge in [0.1, 0.15) is 0 Å². The van der Waals surface area contributed by atoms with Crippen molar-refractivity contribution in [1.82, 2.24) is 20.1 Å². The van der Waals surface area contributed by atoms with Crippen LogP contribution in [0.3, 0.4) is 0 Å². The number of amides is 1. The highest BCUT2D eigenvalue weighted by Gasteiger charge is 2.23. The summed E-state index contributed by atoms with van der Waals surface area (Å²) < 4.78 is 3.33. The monoisotopic (exact) mass is 358 g/mol. The van der Waals surface area contributed by atoms with Gasteiger partial charge in [0, 0.05) is 33.6 Å². The first-order chi connectivity index (χ1) is 11.8. The van der Waals surface area contributed by atoms with Gasteiger partial charge in [-0.2, -0.15) is 0 Å². The number of thiophene rings is 1. The molecule has 0 atom stereocenters. The van der Waals surface area contributed by atoms with Gasteiger partial charge in [0.25, 0.3) is 0 Å². The van der Waals surface area contributed by atoms with Crippen LogP contribution in [-0.2, 0) is 11.3 Å². The van der Waals surface area contributed by atoms with Crippen molar-refractivity contribution in [3.05, 3.63) is 29.6 Å². The van der Waals surface area contributed by atoms with E-state index >= 15 is 0 Å². The van der Waals surface area contributed by atoms with Crippen LogP contribution in [0, 0.1) is 0 Å². The normalized spacial score (nSPS) is 14.2. The van der Waals surface area contributed by atoms with E-state index in [0.29, 0.717) is 11.8 Å². The molecule has 0 radical (unpaired) electrons. The molecule has 1 fully saturated rings. The van der Waals surface area contributed by atoms with E-state index in [9.17, 15) is 4.79 Å². The Morgan fingerprint density at radius 2 is 2.21 bits per heavy atom. The van der Waals surface area contributed by atoms with Crippen molar-refractivity contribution in [3.63, 3.8) is 0 Å². The molecule has 3 aromatic rings. The maximum absolute atomic E-state index is 11.9. The minimum atomic E-state index is 0.0793. The second kappa shape index (κ2) is 6.57. The van der Waals surface area contributed by atoms with Crippen LogP contribution in [0.4, 0.5) is 0 Å². The van der Waals surface area contributed by atoms with Crippen molar-refractivity contribution < 1.29 is 4.79 Å². The van der Waals surface area contributed by atoms with E-state index < -0.39 is 0 Å². The molecule has 0 aliphatic heterocycles. The van der Waals surface area contributed by atoms with E-state index in [1.54, 1.807) is 11.3 Å². The second-order valence-corrected chi connectivity index (χ2v) is 7.68. The summed E-state index contributed by atoms with van der Waals surface area (Å²) in [7, 11) is 0. The number of hydrogen-bond donors (Lipinski definition) is 1. The molecule has 4 rings (SSSR count). The lowest BCUT2D eigenvalue weighted by Crippen LogP contribution is -2.27. The molecule has 1 N–H and O–H groups in total. The van der Waals surface area contributed by atoms with Gasteiger partial charge < -0.3 is 9.88 Å². The number of carbonyl (C=O) groups excluding carboxylic acids is 1. The third kappa shape index (κ3) is 3.06. The van der Waals surface area contributed by atoms with E-state index in [1.165, 1.54) is 21.8 Å². The first-order valence-corrected chi connectivity index (χ1v) is 9.94. The van der Waals surface area contributed by atoms with Crippen molar-refractivity contribution in [3.8, 4) is 11.4 Å². The molecule has 1 aromatic carbocycles. The number of thioether (sulfide) groups is 1. The molecule has 2 heterocycles. The van der Waals surface area contributed by atoms with Gasteiger partial charge in [-0.3, -0.25) is 4.79 Å². The van der Waals surface area contributed by atoms with E-state index in [0.717, 1.165) is 35.9 Å². The highest BCUT2D eigenvalue weighted by atomic mass is 32.2. The summed E-state index contributed by atoms with van der Waals surface area (Å²) >= 11 is 3.17. The molecule has 24 heavy (non-hydrogen) atoms. The summed E-state index contributed by atoms with van der Waals surface area (Å²) in [4.78, 5) is 11.9. The van der Waals surface area contributed by atoms with Gasteiger partial charge in [-0.15, -0.1) is 21.5 Å². The van der Waals surface area contributed by atoms with Crippen molar-refractivity contribution >= 4 is 39.1 Å². The minimum absolute atomic E-state index is 0.0793. The summed E-state index contributed by atoms with van der Waals surface area (Å²) in [5.41, 5.74) is 1.11. The highest BCUT2D eigenvalue weighted by Crippen LogP contribution is 2.34. The average Bonchev–Trinajstić information content (AvgIpc) is 3.16. The van der Waals surface area contributed by atoms with Gasteiger partial charge in [-0.1, -0.05) is 30.0 Å². The second-order valence-electron chi connectivity index (χ2n) is 5.83. The Morgan fingerprint density at radius 3 is 3.00 bits per heavy atom. The minimum Gasteiger partial charge on any atom is -0.353 e. The lowest BCUT2D eigenvalue weighted by molar-refractivity contribution is -0.118. The number of rotatable bonds is 6. The van der Waals surface area contributed by atoms with Crippen LogP contribution in [0.1, 0.15) is 19.8 Å². The number of nitrogens with zero attached hydrogens (tertiary/aromatic N) is 3. The number of aromatic nitrogens is 3. The van der Waals surface area contributed by atoms with Gasteiger partial charge in [0.05, 0.1) is 5.75 Å². The van der Waals surface area contributed by atoms with E-state index in [1.807, 2.05) is 12.1 Å². The molecule has 0 bridgehead atoms. The summed E-state index contributed by atoms with van der Waals surface area (Å²) in [5, 5.41) is 15.9. The Kier molecular flexibility index (Phi) is 4.28. The van der Waals surface area contributed by atoms with Crippen LogP contribution in [0.25, 0.3) is 21.5 Å². The maximum atomic E-state index is 11.9. The van der Waals surface area contributed by atoms with Crippen LogP contribution < -0.4 is 5.32 Å². The first kappa shape index (κ1) is 15.7. The van der Waals surface area contributed by atoms with Crippen LogP contribution >= 0.6 is 23.1 Å². The zero-order valence-corrected chi connectivity index (χ0v) is 15.0. The highest BCUT2D eigenvalue weighted by molar-refractivity contribution is 7.99. The summed E-state index contributed by atoms with van der Waals surface area (Å²) in [6.07, 6.45) is 2.22. The Hall–Kier alpha value is -1.86. The molecule has 1 saturated carbocycles. The van der Waals surface area contributed by atoms with Crippen molar-refractivity contribution in [2.24, 2.45) is 0 Å². The van der Waals surface area contributed by atoms with E-state index in [4.69, 9.17) is 0 Å². The number of nitrogens with one attached hydrogen (secondary N) is 1. The van der Waals surface area contributed by atoms with Crippen molar-refractivity contribution in [2.75, 3.05) is 5.75 Å². The molecule has 124 valence electrons. The van der Waals surface area contributed by atoms with E-state index in [-0.39, 0.29) is 5.91 Å². The molecule has 1 aliphatic carbocycles. The topological polar surface area (TPSA) is 59.8 Å². The third-order valence-corrected chi connectivity index (χ3v) is 5.96. The van der Waals surface area contributed by atoms with Crippen molar-refractivity contribution in [1.29, 1.82) is 0 Å². The molecule has 0 saturated heterocycles. The average molecular weight is 358 g/mol. The summed E-state index contributed by atoms with van der Waals surface area (Å²) in [6.45, 7) is 2.86. The lowest BCUT2D eigenvalue weighted by Gasteiger charge is -2.07. The molecular formula is C17H18N4OS2. The first-order valence-electron chi connectivity index (χ1n) is 8.08. The molecule has 0 spiro atoms. The fraction of sp³-hybridized carbons (Fsp3) is 0.353. The summed E-state index contributed by atoms with van der Waals surface area (Å²) in [5.74, 6) is 1.34. The zero-order chi connectivity index (χ0) is 16.5. The standard InChI is InChI=1S/C17H18N4OS2/c1-2-21-16(13-9-23-14-6-4-3-5-12(13)14)19-20-17(21)24-10-15(22)18-11-7-8-11/h3-6,9,11H,2,7-8,10H2,1H3,(H,18,22). The molecule has 1 aliphatic rings. The van der Waals surface area contributed by atoms with Gasteiger partial charge >= 0.3 is 0 Å². The molecule has 2 aromatic heterocycles. The van der Waals surface area contributed by atoms with Gasteiger partial charge in [-0.05, 0) is 25.8 Å². The van der Waals surface area contributed by atoms with Gasteiger partial charge in [0.2, 0.25) is 5.91 Å². The van der Waals surface area contributed by atoms with Crippen LogP contribution in [-0.4, -0.2) is 32.5 Å². The quantitative estimate of drug-likeness (QED) is 0.685. The summed E-state index contributed by atoms with van der Waals surface area (Å²) in [6, 6.07) is 8.73. The van der Waals surface area contributed by atoms with Gasteiger partial charge in [-0.25, -0.2) is 0 Å². The number of hydrogen-bond acceptors (Lipinski definition) is 5. The van der Waals surface area contributed by atoms with Crippen LogP contribution in [0.5, 0.6) is 0 Å². The third-order valence-electron chi connectivity index (χ3n) is 4.03. The molecule has 1 amide bonds. The van der Waals surface area contributed by atoms with Crippen LogP contribution in [0.2, 0.25) is 0 Å². The lowest BCUT2D eigenvalue weighted by atomic mass is 10.1. The molecule has 5 nitrogen and oxygen atoms in total. The predicted molar refractivity (Wildman–Crippen MR) is 98.4 cm³/mol. The SMILES string of the molecule is CCn1c(SCC(=O)NC2CC2)nnc1-c1csc2ccccc12. The number of fused-ring (bicyclic) bond motifs is 1. The largest absolute Gasteiger partial charge is 0.353 e. The van der Waals surface area contributed by atoms with Gasteiger partial charge in [0.15, 0.2) is 11.0 Å². The fourth-order valence-corrected chi connectivity index (χ4v) is 4.41. The molecular weight excluding hydrogens is 340 g/mol. The van der Waals surface area contributed by atoms with E-state index in [2.05, 4.69) is 44.5 Å².